The average Bonchev–Trinajstić information content (AvgIpc) is 3.53. The van der Waals surface area contributed by atoms with Crippen LogP contribution in [0.1, 0.15) is 51.5 Å². The van der Waals surface area contributed by atoms with Gasteiger partial charge in [0.05, 0.1) is 24.3 Å². The van der Waals surface area contributed by atoms with E-state index >= 15 is 0 Å². The topological polar surface area (TPSA) is 105 Å². The molecule has 10 heteroatoms. The Balaban J connectivity index is 1.68. The van der Waals surface area contributed by atoms with Gasteiger partial charge in [-0.3, -0.25) is 13.9 Å². The van der Waals surface area contributed by atoms with Crippen LogP contribution in [0.4, 0.5) is 5.69 Å². The fourth-order valence-electron chi connectivity index (χ4n) is 5.34. The van der Waals surface area contributed by atoms with Gasteiger partial charge in [-0.1, -0.05) is 50.1 Å². The number of ether oxygens (including phenoxy) is 2. The molecular formula is C33H41N3O6S. The van der Waals surface area contributed by atoms with E-state index in [1.807, 2.05) is 26.0 Å². The van der Waals surface area contributed by atoms with E-state index in [-0.39, 0.29) is 23.4 Å². The molecule has 0 heterocycles. The Morgan fingerprint density at radius 1 is 0.907 bits per heavy atom. The molecule has 0 radical (unpaired) electrons. The molecule has 0 bridgehead atoms. The highest BCUT2D eigenvalue weighted by Crippen LogP contribution is 2.26. The van der Waals surface area contributed by atoms with Crippen molar-refractivity contribution in [1.82, 2.24) is 10.2 Å². The standard InChI is InChI=1S/C33H41N3O6S/c1-4-31(33(38)34-26-11-9-10-12-26)35(23-25-15-17-28(41-3)18-16-25)32(37)24-36(27-13-7-6-8-14-27)43(39,40)30-21-19-29(20-22-30)42-5-2/h6-8,13-22,26,31H,4-5,9-12,23-24H2,1-3H3,(H,34,38)/t31-/m0/s1. The van der Waals surface area contributed by atoms with E-state index in [0.717, 1.165) is 35.6 Å². The van der Waals surface area contributed by atoms with Gasteiger partial charge in [-0.05, 0) is 80.3 Å². The van der Waals surface area contributed by atoms with Gasteiger partial charge in [-0.2, -0.15) is 0 Å². The van der Waals surface area contributed by atoms with Crippen molar-refractivity contribution >= 4 is 27.5 Å². The fourth-order valence-corrected chi connectivity index (χ4v) is 6.75. The normalized spacial score (nSPS) is 14.1. The minimum Gasteiger partial charge on any atom is -0.497 e. The van der Waals surface area contributed by atoms with Gasteiger partial charge < -0.3 is 19.7 Å². The zero-order chi connectivity index (χ0) is 30.8. The number of benzene rings is 3. The molecule has 2 amide bonds. The first-order chi connectivity index (χ1) is 20.8. The molecule has 0 spiro atoms. The number of anilines is 1. The van der Waals surface area contributed by atoms with Crippen LogP contribution in [-0.4, -0.2) is 57.5 Å². The van der Waals surface area contributed by atoms with Gasteiger partial charge in [0.15, 0.2) is 0 Å². The van der Waals surface area contributed by atoms with E-state index in [1.54, 1.807) is 61.7 Å². The van der Waals surface area contributed by atoms with Gasteiger partial charge in [0.2, 0.25) is 11.8 Å². The van der Waals surface area contributed by atoms with Crippen LogP contribution in [0.15, 0.2) is 83.8 Å². The largest absolute Gasteiger partial charge is 0.497 e. The summed E-state index contributed by atoms with van der Waals surface area (Å²) in [7, 11) is -2.58. The third-order valence-electron chi connectivity index (χ3n) is 7.65. The van der Waals surface area contributed by atoms with Crippen LogP contribution in [0, 0.1) is 0 Å². The highest BCUT2D eigenvalue weighted by Gasteiger charge is 2.34. The summed E-state index contributed by atoms with van der Waals surface area (Å²) >= 11 is 0. The number of carbonyl (C=O) groups excluding carboxylic acids is 2. The maximum Gasteiger partial charge on any atom is 0.264 e. The fraction of sp³-hybridized carbons (Fsp3) is 0.394. The molecule has 1 atom stereocenters. The molecule has 1 aliphatic carbocycles. The van der Waals surface area contributed by atoms with E-state index in [1.165, 1.54) is 17.0 Å². The van der Waals surface area contributed by atoms with Crippen LogP contribution in [0.3, 0.4) is 0 Å². The molecule has 1 saturated carbocycles. The summed E-state index contributed by atoms with van der Waals surface area (Å²) in [4.78, 5) is 29.3. The lowest BCUT2D eigenvalue weighted by molar-refractivity contribution is -0.140. The SMILES string of the molecule is CCOc1ccc(S(=O)(=O)N(CC(=O)N(Cc2ccc(OC)cc2)[C@@H](CC)C(=O)NC2CCCC2)c2ccccc2)cc1. The monoisotopic (exact) mass is 607 g/mol. The number of para-hydroxylation sites is 1. The molecule has 9 nitrogen and oxygen atoms in total. The van der Waals surface area contributed by atoms with Crippen molar-refractivity contribution in [2.45, 2.75) is 69.5 Å². The summed E-state index contributed by atoms with van der Waals surface area (Å²) < 4.78 is 39.9. The number of hydrogen-bond acceptors (Lipinski definition) is 6. The summed E-state index contributed by atoms with van der Waals surface area (Å²) in [5.41, 5.74) is 1.14. The van der Waals surface area contributed by atoms with Crippen molar-refractivity contribution < 1.29 is 27.5 Å². The molecule has 1 fully saturated rings. The Morgan fingerprint density at radius 2 is 1.53 bits per heavy atom. The molecule has 43 heavy (non-hydrogen) atoms. The number of rotatable bonds is 14. The number of sulfonamides is 1. The van der Waals surface area contributed by atoms with E-state index in [4.69, 9.17) is 9.47 Å². The zero-order valence-corrected chi connectivity index (χ0v) is 25.9. The van der Waals surface area contributed by atoms with Gasteiger partial charge in [-0.15, -0.1) is 0 Å². The second kappa shape index (κ2) is 14.9. The lowest BCUT2D eigenvalue weighted by Crippen LogP contribution is -2.53. The molecule has 230 valence electrons. The third-order valence-corrected chi connectivity index (χ3v) is 9.43. The summed E-state index contributed by atoms with van der Waals surface area (Å²) in [6, 6.07) is 21.2. The minimum atomic E-state index is -4.15. The number of amides is 2. The van der Waals surface area contributed by atoms with Crippen LogP contribution < -0.4 is 19.1 Å². The molecule has 3 aromatic rings. The Morgan fingerprint density at radius 3 is 2.12 bits per heavy atom. The third kappa shape index (κ3) is 8.07. The van der Waals surface area contributed by atoms with Gasteiger partial charge >= 0.3 is 0 Å². The maximum atomic E-state index is 14.2. The van der Waals surface area contributed by atoms with E-state index in [0.29, 0.717) is 30.2 Å². The second-order valence-corrected chi connectivity index (χ2v) is 12.4. The number of methoxy groups -OCH3 is 1. The molecule has 3 aromatic carbocycles. The van der Waals surface area contributed by atoms with Crippen molar-refractivity contribution in [2.75, 3.05) is 24.6 Å². The van der Waals surface area contributed by atoms with Crippen molar-refractivity contribution in [1.29, 1.82) is 0 Å². The highest BCUT2D eigenvalue weighted by atomic mass is 32.2. The Labute approximate surface area is 254 Å². The highest BCUT2D eigenvalue weighted by molar-refractivity contribution is 7.92. The molecular weight excluding hydrogens is 566 g/mol. The number of hydrogen-bond donors (Lipinski definition) is 1. The van der Waals surface area contributed by atoms with Crippen LogP contribution in [0.2, 0.25) is 0 Å². The minimum absolute atomic E-state index is 0.0281. The first kappa shape index (κ1) is 31.9. The van der Waals surface area contributed by atoms with Gasteiger partial charge in [0, 0.05) is 12.6 Å². The summed E-state index contributed by atoms with van der Waals surface area (Å²) in [5.74, 6) is 0.511. The molecule has 0 saturated heterocycles. The summed E-state index contributed by atoms with van der Waals surface area (Å²) in [6.45, 7) is 3.81. The number of nitrogens with zero attached hydrogens (tertiary/aromatic N) is 2. The summed E-state index contributed by atoms with van der Waals surface area (Å²) in [6.07, 6.45) is 4.32. The predicted octanol–water partition coefficient (Wildman–Crippen LogP) is 5.16. The van der Waals surface area contributed by atoms with E-state index < -0.39 is 28.5 Å². The van der Waals surface area contributed by atoms with Crippen LogP contribution in [-0.2, 0) is 26.2 Å². The van der Waals surface area contributed by atoms with Gasteiger partial charge in [0.1, 0.15) is 24.1 Å². The van der Waals surface area contributed by atoms with E-state index in [9.17, 15) is 18.0 Å². The Bertz CT molecular complexity index is 1440. The lowest BCUT2D eigenvalue weighted by Gasteiger charge is -2.33. The average molecular weight is 608 g/mol. The predicted molar refractivity (Wildman–Crippen MR) is 167 cm³/mol. The molecule has 1 N–H and O–H groups in total. The maximum absolute atomic E-state index is 14.2. The zero-order valence-electron chi connectivity index (χ0n) is 25.1. The quantitative estimate of drug-likeness (QED) is 0.272. The first-order valence-electron chi connectivity index (χ1n) is 14.8. The Kier molecular flexibility index (Phi) is 11.1. The molecule has 0 unspecified atom stereocenters. The van der Waals surface area contributed by atoms with E-state index in [2.05, 4.69) is 5.32 Å². The van der Waals surface area contributed by atoms with Crippen molar-refractivity contribution in [2.24, 2.45) is 0 Å². The van der Waals surface area contributed by atoms with Crippen molar-refractivity contribution in [3.05, 3.63) is 84.4 Å². The van der Waals surface area contributed by atoms with Crippen molar-refractivity contribution in [3.8, 4) is 11.5 Å². The van der Waals surface area contributed by atoms with Gasteiger partial charge in [0.25, 0.3) is 10.0 Å². The molecule has 4 rings (SSSR count). The Hall–Kier alpha value is -4.05. The molecule has 0 aliphatic heterocycles. The van der Waals surface area contributed by atoms with Crippen molar-refractivity contribution in [3.63, 3.8) is 0 Å². The molecule has 1 aliphatic rings. The van der Waals surface area contributed by atoms with Crippen LogP contribution in [0.5, 0.6) is 11.5 Å². The number of nitrogens with one attached hydrogen (secondary N) is 1. The summed E-state index contributed by atoms with van der Waals surface area (Å²) in [5, 5.41) is 3.13. The second-order valence-electron chi connectivity index (χ2n) is 10.5. The first-order valence-corrected chi connectivity index (χ1v) is 16.2. The number of carbonyl (C=O) groups is 2. The lowest BCUT2D eigenvalue weighted by atomic mass is 10.1. The molecule has 0 aromatic heterocycles. The van der Waals surface area contributed by atoms with Crippen LogP contribution >= 0.6 is 0 Å². The van der Waals surface area contributed by atoms with Gasteiger partial charge in [-0.25, -0.2) is 8.42 Å². The van der Waals surface area contributed by atoms with Crippen LogP contribution in [0.25, 0.3) is 0 Å². The smallest absolute Gasteiger partial charge is 0.264 e.